The van der Waals surface area contributed by atoms with E-state index >= 15 is 0 Å². The molecule has 6 heteroatoms. The molecule has 1 aromatic carbocycles. The molecule has 0 radical (unpaired) electrons. The van der Waals surface area contributed by atoms with Crippen molar-refractivity contribution in [3.05, 3.63) is 47.8 Å². The molecule has 1 aliphatic heterocycles. The van der Waals surface area contributed by atoms with Crippen LogP contribution in [0.25, 0.3) is 16.9 Å². The van der Waals surface area contributed by atoms with Crippen LogP contribution in [-0.2, 0) is 0 Å². The molecule has 0 bridgehead atoms. The van der Waals surface area contributed by atoms with Gasteiger partial charge < -0.3 is 9.64 Å². The smallest absolute Gasteiger partial charge is 0.302 e. The minimum Gasteiger partial charge on any atom is -0.464 e. The Kier molecular flexibility index (Phi) is 7.63. The van der Waals surface area contributed by atoms with Crippen molar-refractivity contribution < 1.29 is 4.74 Å². The number of nitrogens with zero attached hydrogens (tertiary/aromatic N) is 5. The fraction of sp³-hybridized carbons (Fsp3) is 0.552. The monoisotopic (exact) mass is 471 g/mol. The predicted molar refractivity (Wildman–Crippen MR) is 139 cm³/mol. The molecule has 35 heavy (non-hydrogen) atoms. The molecule has 2 aliphatic rings. The van der Waals surface area contributed by atoms with Gasteiger partial charge in [-0.25, -0.2) is 4.98 Å². The van der Waals surface area contributed by atoms with Crippen molar-refractivity contribution >= 4 is 5.65 Å². The molecule has 5 rings (SSSR count). The lowest BCUT2D eigenvalue weighted by molar-refractivity contribution is 0.229. The number of aromatic nitrogens is 3. The summed E-state index contributed by atoms with van der Waals surface area (Å²) in [4.78, 5) is 12.4. The third-order valence-electron chi connectivity index (χ3n) is 7.79. The molecule has 184 valence electrons. The maximum atomic E-state index is 9.31. The Bertz CT molecular complexity index is 1150. The van der Waals surface area contributed by atoms with Crippen molar-refractivity contribution in [2.75, 3.05) is 26.7 Å². The van der Waals surface area contributed by atoms with E-state index in [0.717, 1.165) is 36.4 Å². The zero-order chi connectivity index (χ0) is 24.0. The Labute approximate surface area is 209 Å². The Morgan fingerprint density at radius 3 is 2.37 bits per heavy atom. The molecule has 6 nitrogen and oxygen atoms in total. The lowest BCUT2D eigenvalue weighted by Gasteiger charge is -2.23. The Hall–Kier alpha value is -2.91. The number of nitriles is 1. The highest BCUT2D eigenvalue weighted by atomic mass is 16.5. The first-order chi connectivity index (χ1) is 17.2. The van der Waals surface area contributed by atoms with Gasteiger partial charge >= 0.3 is 6.01 Å². The van der Waals surface area contributed by atoms with Gasteiger partial charge in [0.2, 0.25) is 0 Å². The summed E-state index contributed by atoms with van der Waals surface area (Å²) in [5.74, 6) is 0.949. The molecule has 3 heterocycles. The molecule has 2 fully saturated rings. The first-order valence-electron chi connectivity index (χ1n) is 13.4. The first kappa shape index (κ1) is 23.8. The Morgan fingerprint density at radius 1 is 1.00 bits per heavy atom. The van der Waals surface area contributed by atoms with Gasteiger partial charge in [0, 0.05) is 36.0 Å². The summed E-state index contributed by atoms with van der Waals surface area (Å²) in [6, 6.07) is 10.7. The van der Waals surface area contributed by atoms with E-state index < -0.39 is 0 Å². The van der Waals surface area contributed by atoms with Crippen LogP contribution in [0.15, 0.2) is 36.7 Å². The van der Waals surface area contributed by atoms with Crippen LogP contribution in [0.4, 0.5) is 0 Å². The lowest BCUT2D eigenvalue weighted by atomic mass is 9.85. The van der Waals surface area contributed by atoms with Crippen LogP contribution in [0, 0.1) is 17.2 Å². The van der Waals surface area contributed by atoms with E-state index in [4.69, 9.17) is 14.7 Å². The van der Waals surface area contributed by atoms with Crippen molar-refractivity contribution in [2.24, 2.45) is 5.92 Å². The number of ether oxygens (including phenoxy) is 1. The van der Waals surface area contributed by atoms with E-state index in [2.05, 4.69) is 22.4 Å². The van der Waals surface area contributed by atoms with E-state index in [-0.39, 0.29) is 0 Å². The van der Waals surface area contributed by atoms with E-state index in [1.165, 1.54) is 63.4 Å². The van der Waals surface area contributed by atoms with Crippen LogP contribution in [0.2, 0.25) is 0 Å². The van der Waals surface area contributed by atoms with Crippen LogP contribution in [0.5, 0.6) is 6.01 Å². The SMILES string of the molecule is CN1CCC(COc2nc(-c3ccc(C#N)cc3)c(C3CCCCCCCCC3)c3nccn23)C1. The number of imidazole rings is 1. The highest BCUT2D eigenvalue weighted by Gasteiger charge is 2.26. The first-order valence-corrected chi connectivity index (χ1v) is 13.4. The number of benzene rings is 1. The predicted octanol–water partition coefficient (Wildman–Crippen LogP) is 6.21. The van der Waals surface area contributed by atoms with Gasteiger partial charge in [-0.3, -0.25) is 4.40 Å². The minimum absolute atomic E-state index is 0.425. The average Bonchev–Trinajstić information content (AvgIpc) is 3.55. The van der Waals surface area contributed by atoms with Gasteiger partial charge in [-0.05, 0) is 50.9 Å². The van der Waals surface area contributed by atoms with E-state index in [0.29, 0.717) is 30.0 Å². The van der Waals surface area contributed by atoms with Gasteiger partial charge in [0.05, 0.1) is 23.9 Å². The summed E-state index contributed by atoms with van der Waals surface area (Å²) in [5.41, 5.74) is 4.88. The molecule has 0 spiro atoms. The van der Waals surface area contributed by atoms with Crippen molar-refractivity contribution in [1.82, 2.24) is 19.3 Å². The average molecular weight is 472 g/mol. The second-order valence-corrected chi connectivity index (χ2v) is 10.4. The molecule has 1 saturated heterocycles. The zero-order valence-electron chi connectivity index (χ0n) is 21.0. The highest BCUT2D eigenvalue weighted by Crippen LogP contribution is 2.39. The number of hydrogen-bond acceptors (Lipinski definition) is 5. The Morgan fingerprint density at radius 2 is 1.71 bits per heavy atom. The van der Waals surface area contributed by atoms with Gasteiger partial charge in [-0.15, -0.1) is 0 Å². The second kappa shape index (κ2) is 11.2. The summed E-state index contributed by atoms with van der Waals surface area (Å²) < 4.78 is 8.43. The fourth-order valence-electron chi connectivity index (χ4n) is 5.83. The van der Waals surface area contributed by atoms with E-state index in [1.807, 2.05) is 36.7 Å². The highest BCUT2D eigenvalue weighted by molar-refractivity contribution is 5.72. The van der Waals surface area contributed by atoms with E-state index in [9.17, 15) is 5.26 Å². The maximum Gasteiger partial charge on any atom is 0.302 e. The normalized spacial score (nSPS) is 20.6. The van der Waals surface area contributed by atoms with Gasteiger partial charge in [0.1, 0.15) is 5.65 Å². The van der Waals surface area contributed by atoms with Crippen molar-refractivity contribution in [1.29, 1.82) is 5.26 Å². The minimum atomic E-state index is 0.425. The van der Waals surface area contributed by atoms with Crippen LogP contribution < -0.4 is 4.74 Å². The fourth-order valence-corrected chi connectivity index (χ4v) is 5.83. The summed E-state index contributed by atoms with van der Waals surface area (Å²) in [7, 11) is 2.17. The van der Waals surface area contributed by atoms with Gasteiger partial charge in [-0.1, -0.05) is 57.1 Å². The van der Waals surface area contributed by atoms with Gasteiger partial charge in [0.15, 0.2) is 0 Å². The molecule has 2 aromatic heterocycles. The molecular weight excluding hydrogens is 434 g/mol. The van der Waals surface area contributed by atoms with Crippen LogP contribution in [-0.4, -0.2) is 46.0 Å². The summed E-state index contributed by atoms with van der Waals surface area (Å²) >= 11 is 0. The maximum absolute atomic E-state index is 9.31. The van der Waals surface area contributed by atoms with Crippen LogP contribution in [0.3, 0.4) is 0 Å². The summed E-state index contributed by atoms with van der Waals surface area (Å²) in [5, 5.41) is 9.31. The number of hydrogen-bond donors (Lipinski definition) is 0. The third-order valence-corrected chi connectivity index (χ3v) is 7.79. The molecule has 0 amide bonds. The zero-order valence-corrected chi connectivity index (χ0v) is 21.0. The van der Waals surface area contributed by atoms with Crippen LogP contribution >= 0.6 is 0 Å². The lowest BCUT2D eigenvalue weighted by Crippen LogP contribution is -2.19. The van der Waals surface area contributed by atoms with Crippen molar-refractivity contribution in [3.63, 3.8) is 0 Å². The van der Waals surface area contributed by atoms with Crippen molar-refractivity contribution in [3.8, 4) is 23.3 Å². The van der Waals surface area contributed by atoms with E-state index in [1.54, 1.807) is 0 Å². The largest absolute Gasteiger partial charge is 0.464 e. The number of rotatable bonds is 5. The third kappa shape index (κ3) is 5.51. The molecule has 1 aliphatic carbocycles. The quantitative estimate of drug-likeness (QED) is 0.443. The second-order valence-electron chi connectivity index (χ2n) is 10.4. The van der Waals surface area contributed by atoms with Crippen LogP contribution in [0.1, 0.15) is 81.3 Å². The van der Waals surface area contributed by atoms with Gasteiger partial charge in [0.25, 0.3) is 0 Å². The number of likely N-dealkylation sites (tertiary alicyclic amines) is 1. The standard InChI is InChI=1S/C29H37N5O/c1-33-17-15-23(20-33)21-35-29-32-27(25-13-11-22(19-30)12-14-25)26(28-31-16-18-34(28)29)24-9-7-5-3-2-4-6-8-10-24/h11-14,16,18,23-24H,2-10,15,17,20-21H2,1H3. The summed E-state index contributed by atoms with van der Waals surface area (Å²) in [6.45, 7) is 2.86. The molecular formula is C29H37N5O. The molecule has 1 saturated carbocycles. The molecule has 3 aromatic rings. The molecule has 1 atom stereocenters. The van der Waals surface area contributed by atoms with Gasteiger partial charge in [-0.2, -0.15) is 10.2 Å². The van der Waals surface area contributed by atoms with Crippen molar-refractivity contribution in [2.45, 2.75) is 70.1 Å². The summed E-state index contributed by atoms with van der Waals surface area (Å²) in [6.07, 6.45) is 16.5. The Balaban J connectivity index is 1.55. The molecule has 1 unspecified atom stereocenters. The molecule has 0 N–H and O–H groups in total. The topological polar surface area (TPSA) is 66.5 Å². The number of fused-ring (bicyclic) bond motifs is 1.